The molecule has 3 nitrogen and oxygen atoms in total. The third-order valence-corrected chi connectivity index (χ3v) is 1.81. The van der Waals surface area contributed by atoms with E-state index in [1.165, 1.54) is 17.4 Å². The van der Waals surface area contributed by atoms with Gasteiger partial charge in [0.2, 0.25) is 0 Å². The smallest absolute Gasteiger partial charge is 0.351 e. The highest BCUT2D eigenvalue weighted by molar-refractivity contribution is 7.08. The number of hydrogen-bond acceptors (Lipinski definition) is 3. The van der Waals surface area contributed by atoms with Crippen molar-refractivity contribution in [1.29, 1.82) is 0 Å². The summed E-state index contributed by atoms with van der Waals surface area (Å²) in [5, 5.41) is 12.1. The van der Waals surface area contributed by atoms with Crippen LogP contribution >= 0.6 is 11.3 Å². The van der Waals surface area contributed by atoms with Gasteiger partial charge in [-0.1, -0.05) is 0 Å². The predicted molar refractivity (Wildman–Crippen MR) is 44.1 cm³/mol. The standard InChI is InChI=1S/C7H7NO2S/c8-6(7(9)10)3-5-1-2-11-4-5/h1-4H,8H2,(H,9,10)/b6-3+. The third kappa shape index (κ3) is 2.09. The van der Waals surface area contributed by atoms with Crippen LogP contribution in [0.15, 0.2) is 22.5 Å². The van der Waals surface area contributed by atoms with Gasteiger partial charge in [-0.25, -0.2) is 4.79 Å². The molecular weight excluding hydrogens is 162 g/mol. The number of thiophene rings is 1. The van der Waals surface area contributed by atoms with Gasteiger partial charge in [0.05, 0.1) is 0 Å². The molecule has 4 heteroatoms. The number of hydrogen-bond donors (Lipinski definition) is 2. The molecule has 1 rings (SSSR count). The van der Waals surface area contributed by atoms with Gasteiger partial charge >= 0.3 is 5.97 Å². The minimum Gasteiger partial charge on any atom is -0.477 e. The Kier molecular flexibility index (Phi) is 2.28. The Morgan fingerprint density at radius 2 is 2.45 bits per heavy atom. The molecule has 0 spiro atoms. The molecule has 11 heavy (non-hydrogen) atoms. The molecule has 0 aliphatic rings. The molecule has 0 saturated heterocycles. The lowest BCUT2D eigenvalue weighted by molar-refractivity contribution is -0.132. The van der Waals surface area contributed by atoms with Gasteiger partial charge in [-0.2, -0.15) is 11.3 Å². The molecule has 0 unspecified atom stereocenters. The zero-order valence-electron chi connectivity index (χ0n) is 5.65. The Labute approximate surface area is 67.8 Å². The number of nitrogens with two attached hydrogens (primary N) is 1. The van der Waals surface area contributed by atoms with E-state index in [1.54, 1.807) is 6.07 Å². The summed E-state index contributed by atoms with van der Waals surface area (Å²) < 4.78 is 0. The van der Waals surface area contributed by atoms with E-state index in [0.717, 1.165) is 5.56 Å². The van der Waals surface area contributed by atoms with Gasteiger partial charge in [0, 0.05) is 0 Å². The largest absolute Gasteiger partial charge is 0.477 e. The Hall–Kier alpha value is -1.29. The summed E-state index contributed by atoms with van der Waals surface area (Å²) in [5.41, 5.74) is 5.87. The zero-order chi connectivity index (χ0) is 8.27. The number of rotatable bonds is 2. The molecular formula is C7H7NO2S. The molecule has 0 atom stereocenters. The molecule has 0 radical (unpaired) electrons. The van der Waals surface area contributed by atoms with Crippen LogP contribution in [-0.4, -0.2) is 11.1 Å². The molecule has 0 bridgehead atoms. The number of carboxylic acid groups (broad SMARTS) is 1. The second-order valence-electron chi connectivity index (χ2n) is 1.96. The molecule has 0 saturated carbocycles. The first kappa shape index (κ1) is 7.81. The highest BCUT2D eigenvalue weighted by Gasteiger charge is 1.99. The summed E-state index contributed by atoms with van der Waals surface area (Å²) in [6, 6.07) is 1.81. The number of aliphatic carboxylic acids is 1. The van der Waals surface area contributed by atoms with Crippen molar-refractivity contribution in [1.82, 2.24) is 0 Å². The van der Waals surface area contributed by atoms with Crippen LogP contribution in [0.25, 0.3) is 6.08 Å². The lowest BCUT2D eigenvalue weighted by atomic mass is 10.3. The van der Waals surface area contributed by atoms with E-state index in [0.29, 0.717) is 0 Å². The van der Waals surface area contributed by atoms with Gasteiger partial charge in [-0.15, -0.1) is 0 Å². The Morgan fingerprint density at radius 1 is 1.73 bits per heavy atom. The SMILES string of the molecule is N/C(=C/c1ccsc1)C(=O)O. The fourth-order valence-electron chi connectivity index (χ4n) is 0.598. The second kappa shape index (κ2) is 3.21. The second-order valence-corrected chi connectivity index (χ2v) is 2.74. The first-order valence-electron chi connectivity index (χ1n) is 2.93. The molecule has 3 N–H and O–H groups in total. The first-order valence-corrected chi connectivity index (χ1v) is 3.87. The number of carbonyl (C=O) groups is 1. The molecule has 0 amide bonds. The Bertz CT molecular complexity index is 277. The van der Waals surface area contributed by atoms with Crippen molar-refractivity contribution < 1.29 is 9.90 Å². The fourth-order valence-corrected chi connectivity index (χ4v) is 1.22. The minimum atomic E-state index is -1.09. The van der Waals surface area contributed by atoms with Crippen LogP contribution in [0.1, 0.15) is 5.56 Å². The monoisotopic (exact) mass is 169 g/mol. The van der Waals surface area contributed by atoms with Gasteiger partial charge in [-0.05, 0) is 28.5 Å². The topological polar surface area (TPSA) is 63.3 Å². The van der Waals surface area contributed by atoms with E-state index in [1.807, 2.05) is 10.8 Å². The average Bonchev–Trinajstić information content (AvgIpc) is 2.39. The summed E-state index contributed by atoms with van der Waals surface area (Å²) in [6.45, 7) is 0. The summed E-state index contributed by atoms with van der Waals surface area (Å²) in [7, 11) is 0. The van der Waals surface area contributed by atoms with E-state index in [-0.39, 0.29) is 5.70 Å². The van der Waals surface area contributed by atoms with Crippen LogP contribution in [0.5, 0.6) is 0 Å². The first-order chi connectivity index (χ1) is 5.20. The van der Waals surface area contributed by atoms with Gasteiger partial charge in [0.1, 0.15) is 5.70 Å². The van der Waals surface area contributed by atoms with Crippen LogP contribution in [-0.2, 0) is 4.79 Å². The predicted octanol–water partition coefficient (Wildman–Crippen LogP) is 1.13. The Balaban J connectivity index is 2.82. The van der Waals surface area contributed by atoms with Gasteiger partial charge in [0.25, 0.3) is 0 Å². The normalized spacial score (nSPS) is 11.5. The van der Waals surface area contributed by atoms with E-state index in [2.05, 4.69) is 0 Å². The van der Waals surface area contributed by atoms with E-state index < -0.39 is 5.97 Å². The maximum atomic E-state index is 10.2. The van der Waals surface area contributed by atoms with Crippen LogP contribution < -0.4 is 5.73 Å². The van der Waals surface area contributed by atoms with Gasteiger partial charge < -0.3 is 10.8 Å². The molecule has 0 aliphatic heterocycles. The van der Waals surface area contributed by atoms with Crippen molar-refractivity contribution in [2.75, 3.05) is 0 Å². The molecule has 0 fully saturated rings. The van der Waals surface area contributed by atoms with E-state index >= 15 is 0 Å². The molecule has 1 aromatic heterocycles. The van der Waals surface area contributed by atoms with Crippen molar-refractivity contribution >= 4 is 23.4 Å². The molecule has 58 valence electrons. The van der Waals surface area contributed by atoms with Crippen LogP contribution in [0.2, 0.25) is 0 Å². The summed E-state index contributed by atoms with van der Waals surface area (Å²) in [6.07, 6.45) is 1.43. The van der Waals surface area contributed by atoms with Crippen molar-refractivity contribution in [2.45, 2.75) is 0 Å². The zero-order valence-corrected chi connectivity index (χ0v) is 6.47. The molecule has 0 aromatic carbocycles. The third-order valence-electron chi connectivity index (χ3n) is 1.11. The minimum absolute atomic E-state index is 0.136. The average molecular weight is 169 g/mol. The maximum Gasteiger partial charge on any atom is 0.351 e. The molecule has 1 aromatic rings. The van der Waals surface area contributed by atoms with Crippen LogP contribution in [0.3, 0.4) is 0 Å². The highest BCUT2D eigenvalue weighted by atomic mass is 32.1. The van der Waals surface area contributed by atoms with E-state index in [9.17, 15) is 4.79 Å². The van der Waals surface area contributed by atoms with Crippen LogP contribution in [0.4, 0.5) is 0 Å². The summed E-state index contributed by atoms with van der Waals surface area (Å²) >= 11 is 1.50. The van der Waals surface area contributed by atoms with Crippen molar-refractivity contribution in [3.05, 3.63) is 28.1 Å². The quantitative estimate of drug-likeness (QED) is 0.652. The molecule has 0 aliphatic carbocycles. The summed E-state index contributed by atoms with van der Waals surface area (Å²) in [5.74, 6) is -1.09. The lowest BCUT2D eigenvalue weighted by Gasteiger charge is -1.89. The van der Waals surface area contributed by atoms with Crippen LogP contribution in [0, 0.1) is 0 Å². The van der Waals surface area contributed by atoms with E-state index in [4.69, 9.17) is 10.8 Å². The fraction of sp³-hybridized carbons (Fsp3) is 0. The lowest BCUT2D eigenvalue weighted by Crippen LogP contribution is -2.08. The highest BCUT2D eigenvalue weighted by Crippen LogP contribution is 2.08. The number of carboxylic acids is 1. The molecule has 1 heterocycles. The van der Waals surface area contributed by atoms with Crippen molar-refractivity contribution in [2.24, 2.45) is 5.73 Å². The summed E-state index contributed by atoms with van der Waals surface area (Å²) in [4.78, 5) is 10.2. The van der Waals surface area contributed by atoms with Crippen molar-refractivity contribution in [3.63, 3.8) is 0 Å². The van der Waals surface area contributed by atoms with Gasteiger partial charge in [0.15, 0.2) is 0 Å². The van der Waals surface area contributed by atoms with Gasteiger partial charge in [-0.3, -0.25) is 0 Å². The van der Waals surface area contributed by atoms with Crippen molar-refractivity contribution in [3.8, 4) is 0 Å². The Morgan fingerprint density at radius 3 is 2.91 bits per heavy atom. The maximum absolute atomic E-state index is 10.2.